The van der Waals surface area contributed by atoms with Crippen LogP contribution in [0.25, 0.3) is 0 Å². The van der Waals surface area contributed by atoms with E-state index >= 15 is 0 Å². The molecule has 154 valence electrons. The van der Waals surface area contributed by atoms with Gasteiger partial charge in [0.15, 0.2) is 0 Å². The number of carbonyl (C=O) groups is 2. The van der Waals surface area contributed by atoms with Crippen molar-refractivity contribution in [3.63, 3.8) is 0 Å². The Balaban J connectivity index is 1.29. The molecule has 2 aliphatic rings. The summed E-state index contributed by atoms with van der Waals surface area (Å²) in [5, 5.41) is 4.28. The van der Waals surface area contributed by atoms with Crippen LogP contribution in [0, 0.1) is 11.8 Å². The fourth-order valence-corrected chi connectivity index (χ4v) is 4.80. The molecule has 3 heterocycles. The average Bonchev–Trinajstić information content (AvgIpc) is 3.35. The molecule has 2 N–H and O–H groups in total. The summed E-state index contributed by atoms with van der Waals surface area (Å²) in [6.07, 6.45) is 3.64. The van der Waals surface area contributed by atoms with Crippen molar-refractivity contribution in [2.24, 2.45) is 17.6 Å². The van der Waals surface area contributed by atoms with Crippen molar-refractivity contribution in [3.05, 3.63) is 52.8 Å². The van der Waals surface area contributed by atoms with Crippen LogP contribution in [-0.2, 0) is 17.8 Å². The van der Waals surface area contributed by atoms with Crippen LogP contribution in [-0.4, -0.2) is 64.1 Å². The Hall–Kier alpha value is -2.38. The maximum atomic E-state index is 13.0. The van der Waals surface area contributed by atoms with E-state index in [0.717, 1.165) is 45.6 Å². The van der Waals surface area contributed by atoms with Gasteiger partial charge in [0, 0.05) is 26.2 Å². The molecule has 2 fully saturated rings. The lowest BCUT2D eigenvalue weighted by atomic mass is 10.0. The first-order valence-electron chi connectivity index (χ1n) is 10.1. The first kappa shape index (κ1) is 19.9. The fraction of sp³-hybridized carbons (Fsp3) is 0.476. The number of halogens is 1. The van der Waals surface area contributed by atoms with E-state index in [9.17, 15) is 9.59 Å². The van der Waals surface area contributed by atoms with Gasteiger partial charge in [-0.15, -0.1) is 0 Å². The van der Waals surface area contributed by atoms with E-state index in [1.54, 1.807) is 0 Å². The molecule has 1 aromatic carbocycles. The summed E-state index contributed by atoms with van der Waals surface area (Å²) in [7, 11) is 0. The number of carbonyl (C=O) groups excluding carboxylic acids is 2. The SMILES string of the molecule is NC(=O)Cn1ncc(Cl)c1C(=O)N1CC2CN(CCCc3ccccc3)C[C@H]2C1. The van der Waals surface area contributed by atoms with Gasteiger partial charge in [0.2, 0.25) is 5.91 Å². The molecule has 8 heteroatoms. The minimum absolute atomic E-state index is 0.149. The summed E-state index contributed by atoms with van der Waals surface area (Å²) >= 11 is 6.16. The van der Waals surface area contributed by atoms with Crippen molar-refractivity contribution in [1.82, 2.24) is 19.6 Å². The van der Waals surface area contributed by atoms with Gasteiger partial charge in [-0.25, -0.2) is 4.68 Å². The molecular formula is C21H26ClN5O2. The van der Waals surface area contributed by atoms with Crippen LogP contribution in [0.15, 0.2) is 36.5 Å². The van der Waals surface area contributed by atoms with E-state index in [0.29, 0.717) is 11.8 Å². The number of rotatable bonds is 7. The number of nitrogens with zero attached hydrogens (tertiary/aromatic N) is 4. The van der Waals surface area contributed by atoms with Gasteiger partial charge in [-0.05, 0) is 36.8 Å². The normalized spacial score (nSPS) is 21.5. The number of benzene rings is 1. The number of hydrogen-bond donors (Lipinski definition) is 1. The molecule has 2 atom stereocenters. The summed E-state index contributed by atoms with van der Waals surface area (Å²) in [5.41, 5.74) is 6.89. The largest absolute Gasteiger partial charge is 0.368 e. The highest BCUT2D eigenvalue weighted by molar-refractivity contribution is 6.33. The number of hydrogen-bond acceptors (Lipinski definition) is 4. The van der Waals surface area contributed by atoms with Crippen molar-refractivity contribution < 1.29 is 9.59 Å². The topological polar surface area (TPSA) is 84.5 Å². The summed E-state index contributed by atoms with van der Waals surface area (Å²) in [6.45, 7) is 4.43. The quantitative estimate of drug-likeness (QED) is 0.745. The van der Waals surface area contributed by atoms with Crippen LogP contribution in [0.2, 0.25) is 5.02 Å². The summed E-state index contributed by atoms with van der Waals surface area (Å²) in [4.78, 5) is 28.6. The number of aryl methyl sites for hydroxylation is 1. The number of fused-ring (bicyclic) bond motifs is 1. The van der Waals surface area contributed by atoms with Crippen LogP contribution in [0.1, 0.15) is 22.5 Å². The highest BCUT2D eigenvalue weighted by Gasteiger charge is 2.42. The molecule has 0 spiro atoms. The lowest BCUT2D eigenvalue weighted by molar-refractivity contribution is -0.118. The van der Waals surface area contributed by atoms with Crippen LogP contribution in [0.4, 0.5) is 0 Å². The zero-order valence-corrected chi connectivity index (χ0v) is 17.1. The Morgan fingerprint density at radius 2 is 1.79 bits per heavy atom. The smallest absolute Gasteiger partial charge is 0.273 e. The molecule has 0 radical (unpaired) electrons. The molecule has 2 saturated heterocycles. The number of aromatic nitrogens is 2. The second kappa shape index (κ2) is 8.55. The summed E-state index contributed by atoms with van der Waals surface area (Å²) < 4.78 is 1.30. The van der Waals surface area contributed by atoms with Crippen molar-refractivity contribution in [1.29, 1.82) is 0 Å². The van der Waals surface area contributed by atoms with E-state index in [2.05, 4.69) is 34.3 Å². The van der Waals surface area contributed by atoms with E-state index in [1.807, 2.05) is 11.0 Å². The zero-order valence-electron chi connectivity index (χ0n) is 16.3. The monoisotopic (exact) mass is 415 g/mol. The Bertz CT molecular complexity index is 870. The molecule has 4 rings (SSSR count). The van der Waals surface area contributed by atoms with Crippen LogP contribution in [0.3, 0.4) is 0 Å². The first-order chi connectivity index (χ1) is 14.0. The molecule has 1 unspecified atom stereocenters. The predicted octanol–water partition coefficient (Wildman–Crippen LogP) is 1.66. The lowest BCUT2D eigenvalue weighted by Gasteiger charge is -2.22. The van der Waals surface area contributed by atoms with Crippen molar-refractivity contribution in [3.8, 4) is 0 Å². The minimum atomic E-state index is -0.553. The van der Waals surface area contributed by atoms with Crippen molar-refractivity contribution in [2.45, 2.75) is 19.4 Å². The average molecular weight is 416 g/mol. The van der Waals surface area contributed by atoms with Crippen molar-refractivity contribution >= 4 is 23.4 Å². The van der Waals surface area contributed by atoms with Gasteiger partial charge in [0.25, 0.3) is 5.91 Å². The molecular weight excluding hydrogens is 390 g/mol. The molecule has 29 heavy (non-hydrogen) atoms. The molecule has 0 saturated carbocycles. The second-order valence-electron chi connectivity index (χ2n) is 8.04. The van der Waals surface area contributed by atoms with Crippen molar-refractivity contribution in [2.75, 3.05) is 32.7 Å². The standard InChI is InChI=1S/C21H26ClN5O2/c22-18-9-24-27(14-19(23)28)20(18)21(29)26-12-16-10-25(11-17(16)13-26)8-4-7-15-5-2-1-3-6-15/h1-3,5-6,9,16-17H,4,7-8,10-14H2,(H2,23,28)/t16-,17?/m0/s1. The second-order valence-corrected chi connectivity index (χ2v) is 8.45. The van der Waals surface area contributed by atoms with Crippen LogP contribution >= 0.6 is 11.6 Å². The third-order valence-electron chi connectivity index (χ3n) is 5.93. The Morgan fingerprint density at radius 3 is 2.45 bits per heavy atom. The molecule has 7 nitrogen and oxygen atoms in total. The predicted molar refractivity (Wildman–Crippen MR) is 111 cm³/mol. The maximum Gasteiger partial charge on any atom is 0.273 e. The van der Waals surface area contributed by atoms with E-state index < -0.39 is 5.91 Å². The molecule has 2 aromatic rings. The zero-order chi connectivity index (χ0) is 20.4. The summed E-state index contributed by atoms with van der Waals surface area (Å²) in [5.74, 6) is 0.256. The third-order valence-corrected chi connectivity index (χ3v) is 6.21. The van der Waals surface area contributed by atoms with Gasteiger partial charge in [0.1, 0.15) is 12.2 Å². The Kier molecular flexibility index (Phi) is 5.87. The Labute approximate surface area is 175 Å². The first-order valence-corrected chi connectivity index (χ1v) is 10.4. The fourth-order valence-electron chi connectivity index (χ4n) is 4.58. The van der Waals surface area contributed by atoms with Crippen LogP contribution < -0.4 is 5.73 Å². The molecule has 0 aliphatic carbocycles. The van der Waals surface area contributed by atoms with E-state index in [-0.39, 0.29) is 23.2 Å². The van der Waals surface area contributed by atoms with Gasteiger partial charge in [0.05, 0.1) is 11.2 Å². The van der Waals surface area contributed by atoms with Gasteiger partial charge < -0.3 is 15.5 Å². The highest BCUT2D eigenvalue weighted by atomic mass is 35.5. The van der Waals surface area contributed by atoms with Gasteiger partial charge in [-0.1, -0.05) is 41.9 Å². The number of nitrogens with two attached hydrogens (primary N) is 1. The lowest BCUT2D eigenvalue weighted by Crippen LogP contribution is -2.35. The Morgan fingerprint density at radius 1 is 1.10 bits per heavy atom. The molecule has 2 amide bonds. The highest BCUT2D eigenvalue weighted by Crippen LogP contribution is 2.32. The van der Waals surface area contributed by atoms with Gasteiger partial charge in [-0.3, -0.25) is 9.59 Å². The number of amides is 2. The number of primary amides is 1. The molecule has 2 aliphatic heterocycles. The van der Waals surface area contributed by atoms with Crippen LogP contribution in [0.5, 0.6) is 0 Å². The third kappa shape index (κ3) is 4.46. The van der Waals surface area contributed by atoms with Gasteiger partial charge >= 0.3 is 0 Å². The summed E-state index contributed by atoms with van der Waals surface area (Å²) in [6, 6.07) is 10.6. The number of likely N-dealkylation sites (tertiary alicyclic amines) is 2. The molecule has 0 bridgehead atoms. The van der Waals surface area contributed by atoms with E-state index in [1.165, 1.54) is 16.4 Å². The molecule has 1 aromatic heterocycles. The maximum absolute atomic E-state index is 13.0. The minimum Gasteiger partial charge on any atom is -0.368 e. The van der Waals surface area contributed by atoms with E-state index in [4.69, 9.17) is 17.3 Å². The van der Waals surface area contributed by atoms with Gasteiger partial charge in [-0.2, -0.15) is 5.10 Å².